The maximum absolute atomic E-state index is 2.54. The van der Waals surface area contributed by atoms with Crippen LogP contribution >= 0.6 is 0 Å². The summed E-state index contributed by atoms with van der Waals surface area (Å²) < 4.78 is 7.42. The average molecular weight is 814 g/mol. The number of fused-ring (bicyclic) bond motifs is 12. The van der Waals surface area contributed by atoms with Gasteiger partial charge in [-0.1, -0.05) is 164 Å². The van der Waals surface area contributed by atoms with Crippen molar-refractivity contribution in [2.24, 2.45) is 0 Å². The fourth-order valence-corrected chi connectivity index (χ4v) is 11.5. The van der Waals surface area contributed by atoms with Crippen molar-refractivity contribution < 1.29 is 0 Å². The maximum atomic E-state index is 2.54. The molecular formula is C61H39N3. The van der Waals surface area contributed by atoms with Crippen LogP contribution < -0.4 is 0 Å². The molecule has 298 valence electrons. The summed E-state index contributed by atoms with van der Waals surface area (Å²) in [5, 5.41) is 7.39. The van der Waals surface area contributed by atoms with E-state index in [9.17, 15) is 0 Å². The Balaban J connectivity index is 1.13. The normalized spacial score (nSPS) is 13.1. The minimum Gasteiger partial charge on any atom is -0.309 e. The summed E-state index contributed by atoms with van der Waals surface area (Å²) in [7, 11) is 0. The van der Waals surface area contributed by atoms with E-state index in [4.69, 9.17) is 0 Å². The van der Waals surface area contributed by atoms with Crippen LogP contribution in [0, 0.1) is 0 Å². The first-order valence-electron chi connectivity index (χ1n) is 22.2. The van der Waals surface area contributed by atoms with Crippen LogP contribution in [0.4, 0.5) is 0 Å². The lowest BCUT2D eigenvalue weighted by Gasteiger charge is -2.33. The molecule has 3 heterocycles. The largest absolute Gasteiger partial charge is 0.309 e. The SMILES string of the molecule is c1ccc(-n2c3ccccc3c3cc4c(cc32)c2cc3c(cc2n4-c2ccc4c(c2)-c2ccccc2C4(c2ccccc2)c2ccccc2)c2ccccc2n3-c2ccccc2)cc1. The number of hydrogen-bond donors (Lipinski definition) is 0. The number of hydrogen-bond acceptors (Lipinski definition) is 0. The van der Waals surface area contributed by atoms with E-state index >= 15 is 0 Å². The van der Waals surface area contributed by atoms with Gasteiger partial charge in [0.2, 0.25) is 0 Å². The Morgan fingerprint density at radius 3 is 1.11 bits per heavy atom. The van der Waals surface area contributed by atoms with Crippen molar-refractivity contribution >= 4 is 65.4 Å². The van der Waals surface area contributed by atoms with Crippen molar-refractivity contribution in [2.75, 3.05) is 0 Å². The Hall–Kier alpha value is -8.40. The summed E-state index contributed by atoms with van der Waals surface area (Å²) >= 11 is 0. The van der Waals surface area contributed by atoms with E-state index in [2.05, 4.69) is 250 Å². The van der Waals surface area contributed by atoms with E-state index in [1.54, 1.807) is 0 Å². The minimum atomic E-state index is -0.468. The van der Waals surface area contributed by atoms with Crippen LogP contribution in [0.3, 0.4) is 0 Å². The molecule has 0 N–H and O–H groups in total. The summed E-state index contributed by atoms with van der Waals surface area (Å²) in [6.07, 6.45) is 0. The van der Waals surface area contributed by atoms with Gasteiger partial charge < -0.3 is 13.7 Å². The van der Waals surface area contributed by atoms with Crippen molar-refractivity contribution in [3.8, 4) is 28.2 Å². The molecule has 3 heteroatoms. The molecule has 10 aromatic carbocycles. The lowest BCUT2D eigenvalue weighted by Crippen LogP contribution is -2.28. The van der Waals surface area contributed by atoms with Gasteiger partial charge in [-0.3, -0.25) is 0 Å². The molecule has 1 aliphatic rings. The predicted octanol–water partition coefficient (Wildman–Crippen LogP) is 15.3. The van der Waals surface area contributed by atoms with Crippen LogP contribution in [0.25, 0.3) is 93.6 Å². The average Bonchev–Trinajstić information content (AvgIpc) is 4.07. The smallest absolute Gasteiger partial charge is 0.0713 e. The van der Waals surface area contributed by atoms with Gasteiger partial charge in [-0.05, 0) is 106 Å². The minimum absolute atomic E-state index is 0.468. The molecule has 64 heavy (non-hydrogen) atoms. The van der Waals surface area contributed by atoms with Gasteiger partial charge in [0, 0.05) is 49.4 Å². The highest BCUT2D eigenvalue weighted by Gasteiger charge is 2.46. The highest BCUT2D eigenvalue weighted by atomic mass is 15.0. The van der Waals surface area contributed by atoms with Gasteiger partial charge in [-0.25, -0.2) is 0 Å². The first-order valence-corrected chi connectivity index (χ1v) is 22.2. The fraction of sp³-hybridized carbons (Fsp3) is 0.0164. The third kappa shape index (κ3) is 4.70. The quantitative estimate of drug-likeness (QED) is 0.164. The van der Waals surface area contributed by atoms with Crippen molar-refractivity contribution in [1.29, 1.82) is 0 Å². The Morgan fingerprint density at radius 1 is 0.234 bits per heavy atom. The van der Waals surface area contributed by atoms with Gasteiger partial charge in [0.1, 0.15) is 0 Å². The van der Waals surface area contributed by atoms with Crippen LogP contribution in [-0.2, 0) is 5.41 Å². The standard InChI is InChI=1S/C61H39N3/c1-5-19-40(20-6-1)61(41-21-7-2-8-22-41)53-30-16-13-27-45(53)48-35-44(33-34-54(48)61)64-59-36-49-46-28-14-17-31-55(46)62(42-23-9-3-10-24-42)57(49)38-51(59)52-39-58-50(37-60(52)64)47-29-15-18-32-56(47)63(58)43-25-11-4-12-26-43/h1-39H. The molecule has 0 fully saturated rings. The summed E-state index contributed by atoms with van der Waals surface area (Å²) in [5.41, 5.74) is 17.8. The first-order chi connectivity index (χ1) is 31.8. The van der Waals surface area contributed by atoms with E-state index in [1.165, 1.54) is 98.8 Å². The van der Waals surface area contributed by atoms with Crippen molar-refractivity contribution in [1.82, 2.24) is 13.7 Å². The van der Waals surface area contributed by atoms with E-state index in [1.807, 2.05) is 0 Å². The van der Waals surface area contributed by atoms with E-state index < -0.39 is 5.41 Å². The van der Waals surface area contributed by atoms with Crippen molar-refractivity contribution in [3.63, 3.8) is 0 Å². The zero-order chi connectivity index (χ0) is 41.9. The van der Waals surface area contributed by atoms with Gasteiger partial charge in [-0.2, -0.15) is 0 Å². The van der Waals surface area contributed by atoms with E-state index in [0.717, 1.165) is 17.1 Å². The second-order valence-electron chi connectivity index (χ2n) is 17.2. The molecule has 0 amide bonds. The molecule has 3 aromatic heterocycles. The second kappa shape index (κ2) is 13.3. The molecule has 0 saturated heterocycles. The zero-order valence-corrected chi connectivity index (χ0v) is 34.9. The molecule has 0 atom stereocenters. The molecule has 0 aliphatic heterocycles. The summed E-state index contributed by atoms with van der Waals surface area (Å²) in [6, 6.07) is 87.6. The molecule has 0 bridgehead atoms. The van der Waals surface area contributed by atoms with Crippen LogP contribution in [0.15, 0.2) is 237 Å². The molecule has 14 rings (SSSR count). The molecule has 0 spiro atoms. The van der Waals surface area contributed by atoms with Gasteiger partial charge in [0.05, 0.1) is 38.5 Å². The summed E-state index contributed by atoms with van der Waals surface area (Å²) in [5.74, 6) is 0. The topological polar surface area (TPSA) is 14.8 Å². The molecular weight excluding hydrogens is 775 g/mol. The number of nitrogens with zero attached hydrogens (tertiary/aromatic N) is 3. The van der Waals surface area contributed by atoms with E-state index in [-0.39, 0.29) is 0 Å². The third-order valence-electron chi connectivity index (χ3n) is 14.1. The lowest BCUT2D eigenvalue weighted by molar-refractivity contribution is 0.768. The Kier molecular flexibility index (Phi) is 7.32. The number of para-hydroxylation sites is 4. The number of aromatic nitrogens is 3. The Morgan fingerprint density at radius 2 is 0.609 bits per heavy atom. The molecule has 0 radical (unpaired) electrons. The summed E-state index contributed by atoms with van der Waals surface area (Å²) in [6.45, 7) is 0. The lowest BCUT2D eigenvalue weighted by atomic mass is 9.68. The third-order valence-corrected chi connectivity index (χ3v) is 14.1. The molecule has 0 unspecified atom stereocenters. The van der Waals surface area contributed by atoms with Crippen molar-refractivity contribution in [3.05, 3.63) is 259 Å². The maximum Gasteiger partial charge on any atom is 0.0713 e. The van der Waals surface area contributed by atoms with Crippen LogP contribution in [-0.4, -0.2) is 13.7 Å². The molecule has 1 aliphatic carbocycles. The van der Waals surface area contributed by atoms with E-state index in [0.29, 0.717) is 0 Å². The number of benzene rings is 10. The summed E-state index contributed by atoms with van der Waals surface area (Å²) in [4.78, 5) is 0. The fourth-order valence-electron chi connectivity index (χ4n) is 11.5. The van der Waals surface area contributed by atoms with Gasteiger partial charge in [0.25, 0.3) is 0 Å². The van der Waals surface area contributed by atoms with Crippen LogP contribution in [0.1, 0.15) is 22.3 Å². The van der Waals surface area contributed by atoms with Gasteiger partial charge in [-0.15, -0.1) is 0 Å². The van der Waals surface area contributed by atoms with Crippen LogP contribution in [0.5, 0.6) is 0 Å². The second-order valence-corrected chi connectivity index (χ2v) is 17.2. The Labute approximate surface area is 369 Å². The molecule has 13 aromatic rings. The van der Waals surface area contributed by atoms with Crippen molar-refractivity contribution in [2.45, 2.75) is 5.41 Å². The predicted molar refractivity (Wildman–Crippen MR) is 267 cm³/mol. The highest BCUT2D eigenvalue weighted by molar-refractivity contribution is 6.23. The van der Waals surface area contributed by atoms with Gasteiger partial charge in [0.15, 0.2) is 0 Å². The van der Waals surface area contributed by atoms with Gasteiger partial charge >= 0.3 is 0 Å². The molecule has 0 saturated carbocycles. The zero-order valence-electron chi connectivity index (χ0n) is 34.9. The molecule has 3 nitrogen and oxygen atoms in total. The first kappa shape index (κ1) is 35.2. The monoisotopic (exact) mass is 813 g/mol. The Bertz CT molecular complexity index is 3770. The van der Waals surface area contributed by atoms with Crippen LogP contribution in [0.2, 0.25) is 0 Å². The number of rotatable bonds is 5. The highest BCUT2D eigenvalue weighted by Crippen LogP contribution is 2.56.